The van der Waals surface area contributed by atoms with Crippen molar-refractivity contribution in [3.63, 3.8) is 0 Å². The highest BCUT2D eigenvalue weighted by Crippen LogP contribution is 2.31. The normalized spacial score (nSPS) is 16.9. The number of imide groups is 1. The molecule has 0 bridgehead atoms. The lowest BCUT2D eigenvalue weighted by Gasteiger charge is -2.24. The Morgan fingerprint density at radius 3 is 2.56 bits per heavy atom. The van der Waals surface area contributed by atoms with Crippen LogP contribution in [0.2, 0.25) is 5.02 Å². The van der Waals surface area contributed by atoms with Crippen LogP contribution in [0.25, 0.3) is 17.4 Å². The molecule has 2 aromatic rings. The summed E-state index contributed by atoms with van der Waals surface area (Å²) in [6.07, 6.45) is 3.12. The number of aliphatic imine (C=N–C) groups is 1. The minimum atomic E-state index is -0.373. The molecule has 1 aromatic heterocycles. The van der Waals surface area contributed by atoms with Gasteiger partial charge in [-0.2, -0.15) is 0 Å². The van der Waals surface area contributed by atoms with E-state index in [2.05, 4.69) is 4.99 Å². The van der Waals surface area contributed by atoms with E-state index in [0.29, 0.717) is 33.3 Å². The van der Waals surface area contributed by atoms with Gasteiger partial charge in [0.2, 0.25) is 0 Å². The molecule has 0 saturated carbocycles. The van der Waals surface area contributed by atoms with Gasteiger partial charge >= 0.3 is 0 Å². The second kappa shape index (κ2) is 7.37. The van der Waals surface area contributed by atoms with Crippen LogP contribution in [0.1, 0.15) is 18.2 Å². The molecule has 0 unspecified atom stereocenters. The first-order valence-corrected chi connectivity index (χ1v) is 8.75. The molecule has 0 spiro atoms. The molecule has 3 rings (SSSR count). The van der Waals surface area contributed by atoms with Gasteiger partial charge in [-0.15, -0.1) is 0 Å². The number of amides is 2. The number of rotatable bonds is 3. The van der Waals surface area contributed by atoms with Gasteiger partial charge < -0.3 is 4.42 Å². The van der Waals surface area contributed by atoms with Gasteiger partial charge in [0.1, 0.15) is 11.5 Å². The zero-order valence-corrected chi connectivity index (χ0v) is 16.3. The molecule has 5 nitrogen and oxygen atoms in total. The van der Waals surface area contributed by atoms with Gasteiger partial charge in [0.05, 0.1) is 5.57 Å². The van der Waals surface area contributed by atoms with E-state index in [4.69, 9.17) is 16.0 Å². The molecule has 0 saturated heterocycles. The number of likely N-dealkylation sites (N-methyl/N-ethyl adjacent to an activating group) is 1. The van der Waals surface area contributed by atoms with E-state index in [1.807, 2.05) is 31.2 Å². The van der Waals surface area contributed by atoms with E-state index in [1.54, 1.807) is 26.1 Å². The molecule has 0 fully saturated rings. The lowest BCUT2D eigenvalue weighted by molar-refractivity contribution is -0.138. The van der Waals surface area contributed by atoms with Gasteiger partial charge in [-0.1, -0.05) is 23.7 Å². The van der Waals surface area contributed by atoms with Gasteiger partial charge in [0.25, 0.3) is 11.8 Å². The van der Waals surface area contributed by atoms with Crippen molar-refractivity contribution in [2.75, 3.05) is 14.1 Å². The van der Waals surface area contributed by atoms with Crippen LogP contribution < -0.4 is 0 Å². The first-order valence-electron chi connectivity index (χ1n) is 8.38. The molecule has 138 valence electrons. The van der Waals surface area contributed by atoms with E-state index in [-0.39, 0.29) is 11.8 Å². The highest BCUT2D eigenvalue weighted by atomic mass is 35.5. The van der Waals surface area contributed by atoms with E-state index in [0.717, 1.165) is 16.0 Å². The summed E-state index contributed by atoms with van der Waals surface area (Å²) in [5, 5.41) is 0.661. The van der Waals surface area contributed by atoms with Crippen LogP contribution in [0.3, 0.4) is 0 Å². The zero-order valence-electron chi connectivity index (χ0n) is 15.5. The fraction of sp³-hybridized carbons (Fsp3) is 0.190. The molecule has 2 heterocycles. The number of carbonyl (C=O) groups is 2. The van der Waals surface area contributed by atoms with Crippen molar-refractivity contribution in [2.24, 2.45) is 4.99 Å². The quantitative estimate of drug-likeness (QED) is 0.451. The van der Waals surface area contributed by atoms with Crippen molar-refractivity contribution < 1.29 is 14.0 Å². The Bertz CT molecular complexity index is 1030. The lowest BCUT2D eigenvalue weighted by atomic mass is 9.95. The van der Waals surface area contributed by atoms with Crippen molar-refractivity contribution in [1.29, 1.82) is 0 Å². The van der Waals surface area contributed by atoms with E-state index in [1.165, 1.54) is 13.3 Å². The first-order chi connectivity index (χ1) is 12.8. The Morgan fingerprint density at radius 1 is 1.11 bits per heavy atom. The second-order valence-corrected chi connectivity index (χ2v) is 6.67. The predicted octanol–water partition coefficient (Wildman–Crippen LogP) is 4.31. The number of hydrogen-bond acceptors (Lipinski definition) is 4. The number of halogens is 1. The van der Waals surface area contributed by atoms with Gasteiger partial charge in [0.15, 0.2) is 0 Å². The zero-order chi connectivity index (χ0) is 19.7. The Morgan fingerprint density at radius 2 is 1.85 bits per heavy atom. The average Bonchev–Trinajstić information content (AvgIpc) is 3.11. The molecule has 1 aromatic carbocycles. The standard InChI is InChI=1S/C21H19ClN2O3/c1-12-16(20(25)24(4)21(26)17(12)11-23-3)10-14-8-9-19(27-14)15-6-5-7-18(22)13(15)2/h5-11H,1-4H3/b16-10+,23-11?. The van der Waals surface area contributed by atoms with Crippen molar-refractivity contribution >= 4 is 35.7 Å². The maximum absolute atomic E-state index is 12.6. The highest BCUT2D eigenvalue weighted by molar-refractivity contribution is 6.31. The summed E-state index contributed by atoms with van der Waals surface area (Å²) in [6.45, 7) is 3.66. The van der Waals surface area contributed by atoms with Crippen LogP contribution >= 0.6 is 11.6 Å². The van der Waals surface area contributed by atoms with Crippen molar-refractivity contribution in [3.05, 3.63) is 63.4 Å². The second-order valence-electron chi connectivity index (χ2n) is 6.27. The summed E-state index contributed by atoms with van der Waals surface area (Å²) in [7, 11) is 3.04. The average molecular weight is 383 g/mol. The number of hydrogen-bond donors (Lipinski definition) is 0. The summed E-state index contributed by atoms with van der Waals surface area (Å²) in [4.78, 5) is 29.9. The Kier molecular flexibility index (Phi) is 5.15. The molecule has 1 aliphatic rings. The largest absolute Gasteiger partial charge is 0.457 e. The van der Waals surface area contributed by atoms with Crippen molar-refractivity contribution in [1.82, 2.24) is 4.90 Å². The van der Waals surface area contributed by atoms with Crippen LogP contribution in [-0.2, 0) is 9.59 Å². The van der Waals surface area contributed by atoms with Gasteiger partial charge in [-0.3, -0.25) is 19.5 Å². The Labute approximate surface area is 162 Å². The van der Waals surface area contributed by atoms with Crippen LogP contribution in [-0.4, -0.2) is 37.0 Å². The molecule has 0 atom stereocenters. The van der Waals surface area contributed by atoms with E-state index in [9.17, 15) is 9.59 Å². The first kappa shape index (κ1) is 18.9. The van der Waals surface area contributed by atoms with Crippen LogP contribution in [0.4, 0.5) is 0 Å². The van der Waals surface area contributed by atoms with E-state index >= 15 is 0 Å². The van der Waals surface area contributed by atoms with Crippen LogP contribution in [0, 0.1) is 6.92 Å². The molecular weight excluding hydrogens is 364 g/mol. The summed E-state index contributed by atoms with van der Waals surface area (Å²) in [6, 6.07) is 9.23. The van der Waals surface area contributed by atoms with Gasteiger partial charge in [-0.05, 0) is 49.3 Å². The fourth-order valence-electron chi connectivity index (χ4n) is 2.96. The predicted molar refractivity (Wildman–Crippen MR) is 107 cm³/mol. The third-order valence-electron chi connectivity index (χ3n) is 4.58. The molecule has 0 N–H and O–H groups in total. The molecule has 0 radical (unpaired) electrons. The van der Waals surface area contributed by atoms with Crippen molar-refractivity contribution in [3.8, 4) is 11.3 Å². The molecule has 0 aliphatic carbocycles. The summed E-state index contributed by atoms with van der Waals surface area (Å²) >= 11 is 6.19. The Balaban J connectivity index is 2.06. The van der Waals surface area contributed by atoms with Crippen LogP contribution in [0.15, 0.2) is 56.5 Å². The summed E-state index contributed by atoms with van der Waals surface area (Å²) in [5.41, 5.74) is 3.18. The minimum absolute atomic E-state index is 0.366. The fourth-order valence-corrected chi connectivity index (χ4v) is 3.14. The third kappa shape index (κ3) is 3.38. The maximum atomic E-state index is 12.6. The van der Waals surface area contributed by atoms with Crippen molar-refractivity contribution in [2.45, 2.75) is 13.8 Å². The maximum Gasteiger partial charge on any atom is 0.262 e. The monoisotopic (exact) mass is 382 g/mol. The van der Waals surface area contributed by atoms with Gasteiger partial charge in [-0.25, -0.2) is 0 Å². The smallest absolute Gasteiger partial charge is 0.262 e. The summed E-state index contributed by atoms with van der Waals surface area (Å²) in [5.74, 6) is 0.437. The topological polar surface area (TPSA) is 62.9 Å². The van der Waals surface area contributed by atoms with Crippen LogP contribution in [0.5, 0.6) is 0 Å². The Hall–Kier alpha value is -2.92. The minimum Gasteiger partial charge on any atom is -0.457 e. The molecule has 27 heavy (non-hydrogen) atoms. The molecule has 6 heteroatoms. The molecule has 2 amide bonds. The third-order valence-corrected chi connectivity index (χ3v) is 4.99. The molecule has 1 aliphatic heterocycles. The summed E-state index contributed by atoms with van der Waals surface area (Å²) < 4.78 is 5.92. The SMILES string of the molecule is CN=CC1=C(C)/C(=C\c2ccc(-c3cccc(Cl)c3C)o2)C(=O)N(C)C1=O. The number of furan rings is 1. The lowest BCUT2D eigenvalue weighted by Crippen LogP contribution is -2.40. The number of benzene rings is 1. The van der Waals surface area contributed by atoms with E-state index < -0.39 is 0 Å². The highest BCUT2D eigenvalue weighted by Gasteiger charge is 2.32. The molecular formula is C21H19ClN2O3. The number of carbonyl (C=O) groups excluding carboxylic acids is 2. The number of nitrogens with zero attached hydrogens (tertiary/aromatic N) is 2. The van der Waals surface area contributed by atoms with Gasteiger partial charge in [0, 0.05) is 36.5 Å².